The molecule has 0 bridgehead atoms. The van der Waals surface area contributed by atoms with Gasteiger partial charge in [-0.3, -0.25) is 9.89 Å². The van der Waals surface area contributed by atoms with Gasteiger partial charge in [0, 0.05) is 52.2 Å². The van der Waals surface area contributed by atoms with Crippen LogP contribution in [-0.2, 0) is 11.3 Å². The largest absolute Gasteiger partial charge is 0.379 e. The molecule has 2 rings (SSSR count). The van der Waals surface area contributed by atoms with Crippen molar-refractivity contribution in [3.63, 3.8) is 0 Å². The highest BCUT2D eigenvalue weighted by Crippen LogP contribution is 2.20. The standard InChI is InChI=1S/C19H36N6OS.HI/c1-6-15(7-2)17(25-8-10-26-11-9-25)13-22-18(20-3)21-12-16-14-27-19(23-16)24(4)5;/h14-15,17H,6-13H2,1-5H3,(H2,20,21,22);1H. The Morgan fingerprint density at radius 3 is 2.50 bits per heavy atom. The normalized spacial score (nSPS) is 16.6. The molecule has 9 heteroatoms. The lowest BCUT2D eigenvalue weighted by Gasteiger charge is -2.39. The van der Waals surface area contributed by atoms with Gasteiger partial charge in [-0.2, -0.15) is 0 Å². The number of nitrogens with one attached hydrogen (secondary N) is 2. The van der Waals surface area contributed by atoms with Gasteiger partial charge in [0.25, 0.3) is 0 Å². The molecule has 0 amide bonds. The highest BCUT2D eigenvalue weighted by atomic mass is 127. The molecule has 2 heterocycles. The van der Waals surface area contributed by atoms with E-state index in [9.17, 15) is 0 Å². The highest BCUT2D eigenvalue weighted by molar-refractivity contribution is 14.0. The summed E-state index contributed by atoms with van der Waals surface area (Å²) in [6, 6.07) is 0.502. The lowest BCUT2D eigenvalue weighted by Crippen LogP contribution is -2.53. The number of hydrogen-bond donors (Lipinski definition) is 2. The average molecular weight is 525 g/mol. The van der Waals surface area contributed by atoms with Gasteiger partial charge in [-0.25, -0.2) is 4.98 Å². The number of anilines is 1. The fourth-order valence-corrected chi connectivity index (χ4v) is 4.27. The molecule has 1 aliphatic heterocycles. The molecule has 1 unspecified atom stereocenters. The van der Waals surface area contributed by atoms with Crippen LogP contribution in [0.15, 0.2) is 10.4 Å². The minimum atomic E-state index is 0. The van der Waals surface area contributed by atoms with Crippen LogP contribution in [0.25, 0.3) is 0 Å². The minimum absolute atomic E-state index is 0. The van der Waals surface area contributed by atoms with Crippen LogP contribution in [0.4, 0.5) is 5.13 Å². The number of halogens is 1. The Labute approximate surface area is 191 Å². The zero-order chi connectivity index (χ0) is 19.6. The summed E-state index contributed by atoms with van der Waals surface area (Å²) in [6.07, 6.45) is 2.39. The number of rotatable bonds is 9. The number of nitrogens with zero attached hydrogens (tertiary/aromatic N) is 4. The van der Waals surface area contributed by atoms with Crippen molar-refractivity contribution in [1.29, 1.82) is 0 Å². The van der Waals surface area contributed by atoms with Crippen molar-refractivity contribution >= 4 is 46.4 Å². The molecular weight excluding hydrogens is 487 g/mol. The summed E-state index contributed by atoms with van der Waals surface area (Å²) in [5.74, 6) is 1.51. The van der Waals surface area contributed by atoms with Crippen LogP contribution in [0, 0.1) is 5.92 Å². The monoisotopic (exact) mass is 524 g/mol. The van der Waals surface area contributed by atoms with Gasteiger partial charge in [0.1, 0.15) is 0 Å². The Hall–Kier alpha value is -0.650. The van der Waals surface area contributed by atoms with E-state index in [1.54, 1.807) is 11.3 Å². The van der Waals surface area contributed by atoms with Gasteiger partial charge in [-0.1, -0.05) is 26.7 Å². The molecule has 0 radical (unpaired) electrons. The fourth-order valence-electron chi connectivity index (χ4n) is 3.51. The number of ether oxygens (including phenoxy) is 1. The summed E-state index contributed by atoms with van der Waals surface area (Å²) in [5, 5.41) is 10.0. The number of hydrogen-bond acceptors (Lipinski definition) is 6. The van der Waals surface area contributed by atoms with E-state index in [0.29, 0.717) is 18.5 Å². The molecule has 1 aromatic heterocycles. The predicted molar refractivity (Wildman–Crippen MR) is 130 cm³/mol. The Balaban J connectivity index is 0.00000392. The second-order valence-electron chi connectivity index (χ2n) is 7.11. The van der Waals surface area contributed by atoms with Crippen LogP contribution in [0.5, 0.6) is 0 Å². The number of thiazole rings is 1. The van der Waals surface area contributed by atoms with E-state index < -0.39 is 0 Å². The van der Waals surface area contributed by atoms with E-state index >= 15 is 0 Å². The van der Waals surface area contributed by atoms with E-state index in [4.69, 9.17) is 4.74 Å². The van der Waals surface area contributed by atoms with Crippen LogP contribution in [0.3, 0.4) is 0 Å². The third-order valence-electron chi connectivity index (χ3n) is 5.17. The summed E-state index contributed by atoms with van der Waals surface area (Å²) in [4.78, 5) is 13.6. The molecule has 2 N–H and O–H groups in total. The second-order valence-corrected chi connectivity index (χ2v) is 7.95. The van der Waals surface area contributed by atoms with Crippen LogP contribution in [0.2, 0.25) is 0 Å². The molecule has 162 valence electrons. The van der Waals surface area contributed by atoms with Crippen molar-refractivity contribution < 1.29 is 4.74 Å². The van der Waals surface area contributed by atoms with Gasteiger partial charge in [0.2, 0.25) is 0 Å². The summed E-state index contributed by atoms with van der Waals surface area (Å²) in [6.45, 7) is 9.85. The fraction of sp³-hybridized carbons (Fsp3) is 0.789. The van der Waals surface area contributed by atoms with Crippen molar-refractivity contribution in [3.05, 3.63) is 11.1 Å². The SMILES string of the molecule is CCC(CC)C(CNC(=NC)NCc1csc(N(C)C)n1)N1CCOCC1.I. The third-order valence-corrected chi connectivity index (χ3v) is 6.23. The zero-order valence-electron chi connectivity index (χ0n) is 17.9. The highest BCUT2D eigenvalue weighted by Gasteiger charge is 2.27. The Bertz CT molecular complexity index is 573. The summed E-state index contributed by atoms with van der Waals surface area (Å²) in [5.41, 5.74) is 1.04. The van der Waals surface area contributed by atoms with E-state index in [-0.39, 0.29) is 24.0 Å². The smallest absolute Gasteiger partial charge is 0.191 e. The molecule has 1 fully saturated rings. The first-order valence-electron chi connectivity index (χ1n) is 9.97. The molecule has 1 saturated heterocycles. The first-order chi connectivity index (χ1) is 13.1. The maximum Gasteiger partial charge on any atom is 0.191 e. The molecule has 0 spiro atoms. The quantitative estimate of drug-likeness (QED) is 0.294. The first-order valence-corrected chi connectivity index (χ1v) is 10.8. The molecule has 0 aromatic carbocycles. The molecule has 1 atom stereocenters. The Morgan fingerprint density at radius 2 is 1.96 bits per heavy atom. The van der Waals surface area contributed by atoms with E-state index in [1.807, 2.05) is 26.0 Å². The van der Waals surface area contributed by atoms with Gasteiger partial charge in [0.15, 0.2) is 11.1 Å². The lowest BCUT2D eigenvalue weighted by molar-refractivity contribution is 0.00272. The average Bonchev–Trinajstić information content (AvgIpc) is 3.17. The maximum absolute atomic E-state index is 5.54. The Morgan fingerprint density at radius 1 is 1.29 bits per heavy atom. The van der Waals surface area contributed by atoms with E-state index in [2.05, 4.69) is 44.7 Å². The van der Waals surface area contributed by atoms with Gasteiger partial charge in [-0.15, -0.1) is 35.3 Å². The topological polar surface area (TPSA) is 65.0 Å². The Kier molecular flexibility index (Phi) is 12.3. The summed E-state index contributed by atoms with van der Waals surface area (Å²) >= 11 is 1.66. The molecule has 28 heavy (non-hydrogen) atoms. The van der Waals surface area contributed by atoms with Crippen molar-refractivity contribution in [2.75, 3.05) is 58.9 Å². The van der Waals surface area contributed by atoms with Crippen LogP contribution in [-0.4, -0.2) is 75.9 Å². The zero-order valence-corrected chi connectivity index (χ0v) is 21.0. The maximum atomic E-state index is 5.54. The van der Waals surface area contributed by atoms with Crippen LogP contribution < -0.4 is 15.5 Å². The molecular formula is C19H37IN6OS. The van der Waals surface area contributed by atoms with E-state index in [0.717, 1.165) is 49.6 Å². The second kappa shape index (κ2) is 13.6. The number of guanidine groups is 1. The third kappa shape index (κ3) is 7.64. The molecule has 7 nitrogen and oxygen atoms in total. The molecule has 1 aromatic rings. The van der Waals surface area contributed by atoms with Crippen molar-refractivity contribution in [1.82, 2.24) is 20.5 Å². The summed E-state index contributed by atoms with van der Waals surface area (Å²) in [7, 11) is 5.85. The van der Waals surface area contributed by atoms with Crippen molar-refractivity contribution in [2.24, 2.45) is 10.9 Å². The number of morpholine rings is 1. The number of aliphatic imine (C=N–C) groups is 1. The lowest BCUT2D eigenvalue weighted by atomic mass is 9.92. The molecule has 0 saturated carbocycles. The van der Waals surface area contributed by atoms with Crippen molar-refractivity contribution in [3.8, 4) is 0 Å². The first kappa shape index (κ1) is 25.4. The minimum Gasteiger partial charge on any atom is -0.379 e. The van der Waals surface area contributed by atoms with Gasteiger partial charge in [-0.05, 0) is 5.92 Å². The van der Waals surface area contributed by atoms with Gasteiger partial charge >= 0.3 is 0 Å². The number of aromatic nitrogens is 1. The van der Waals surface area contributed by atoms with Crippen molar-refractivity contribution in [2.45, 2.75) is 39.3 Å². The van der Waals surface area contributed by atoms with Gasteiger partial charge < -0.3 is 20.3 Å². The van der Waals surface area contributed by atoms with Crippen LogP contribution >= 0.6 is 35.3 Å². The molecule has 1 aliphatic rings. The summed E-state index contributed by atoms with van der Waals surface area (Å²) < 4.78 is 5.54. The molecule has 0 aliphatic carbocycles. The van der Waals surface area contributed by atoms with E-state index in [1.165, 1.54) is 12.8 Å². The van der Waals surface area contributed by atoms with Gasteiger partial charge in [0.05, 0.1) is 25.5 Å². The predicted octanol–water partition coefficient (Wildman–Crippen LogP) is 2.63. The van der Waals surface area contributed by atoms with Crippen LogP contribution in [0.1, 0.15) is 32.4 Å².